The molecule has 6 fully saturated rings. The van der Waals surface area contributed by atoms with E-state index in [1.807, 2.05) is 73.6 Å². The largest absolute Gasteiger partial charge is 0.350 e. The number of amides is 3. The van der Waals surface area contributed by atoms with Gasteiger partial charge in [0.25, 0.3) is 17.7 Å². The van der Waals surface area contributed by atoms with Gasteiger partial charge >= 0.3 is 0 Å². The first-order valence-corrected chi connectivity index (χ1v) is 38.4. The standard InChI is InChI=1S/C23H36N2O3S.C22H33ClN2O3S.C22H32ClNO3S/c1-6-9-29(27,28)14-20-12-23(13-20,11-19-7-8-19)18(5)25-22(26)21-15(2)10-16(3)24-17(21)4;1-3-11-29(27,28)15-18-13-22(14-18,25-9-5-4-6-10-25)16-24-21(26)19-8-7-17(2)12-20(19)23;1-4-9-28(26,27)14-18-12-22(13-18,11-17-6-7-17)16(3)24-21(25)19-8-5-15(2)10-20(19)23/h10,18-20H,6-9,11-14H2,1-5H3,(H,25,26);7-8,12,18H,3-6,9-11,13-16H2,1-2H3,(H,24,26);5,8,10,16-18H,4,6-7,9,11-14H2,1-3H3,(H,24,25). The highest BCUT2D eigenvalue weighted by Crippen LogP contribution is 2.57. The van der Waals surface area contributed by atoms with Gasteiger partial charge in [-0.25, -0.2) is 25.3 Å². The first-order valence-electron chi connectivity index (χ1n) is 32.2. The molecule has 2 atom stereocenters. The summed E-state index contributed by atoms with van der Waals surface area (Å²) in [5.74, 6) is 3.44. The third kappa shape index (κ3) is 19.0. The number of hydrogen-bond donors (Lipinski definition) is 3. The molecule has 5 aliphatic carbocycles. The molecular weight excluding hydrogens is 1190 g/mol. The minimum Gasteiger partial charge on any atom is -0.350 e. The zero-order valence-corrected chi connectivity index (χ0v) is 57.2. The molecule has 2 aromatic carbocycles. The fraction of sp³-hybridized carbons (Fsp3) is 0.701. The molecule has 3 aromatic rings. The zero-order valence-electron chi connectivity index (χ0n) is 53.2. The number of likely N-dealkylation sites (tertiary alicyclic amines) is 1. The van der Waals surface area contributed by atoms with Gasteiger partial charge in [0, 0.05) is 47.1 Å². The fourth-order valence-corrected chi connectivity index (χ4v) is 20.9. The van der Waals surface area contributed by atoms with Crippen LogP contribution in [0.15, 0.2) is 42.5 Å². The van der Waals surface area contributed by atoms with E-state index in [2.05, 4.69) is 39.7 Å². The van der Waals surface area contributed by atoms with Gasteiger partial charge in [-0.3, -0.25) is 24.3 Å². The number of benzene rings is 2. The molecular formula is C67H101Cl2N5O9S3. The first-order chi connectivity index (χ1) is 40.4. The highest BCUT2D eigenvalue weighted by atomic mass is 35.5. The summed E-state index contributed by atoms with van der Waals surface area (Å²) in [4.78, 5) is 45.5. The van der Waals surface area contributed by atoms with Gasteiger partial charge in [-0.2, -0.15) is 0 Å². The molecule has 0 bridgehead atoms. The van der Waals surface area contributed by atoms with Gasteiger partial charge in [0.1, 0.15) is 0 Å². The summed E-state index contributed by atoms with van der Waals surface area (Å²) < 4.78 is 73.3. The lowest BCUT2D eigenvalue weighted by atomic mass is 9.56. The highest BCUT2D eigenvalue weighted by Gasteiger charge is 2.54. The summed E-state index contributed by atoms with van der Waals surface area (Å²) in [5, 5.41) is 10.4. The van der Waals surface area contributed by atoms with Crippen molar-refractivity contribution < 1.29 is 39.6 Å². The Morgan fingerprint density at radius 1 is 0.570 bits per heavy atom. The summed E-state index contributed by atoms with van der Waals surface area (Å²) >= 11 is 12.5. The molecule has 2 unspecified atom stereocenters. The molecule has 3 N–H and O–H groups in total. The quantitative estimate of drug-likeness (QED) is 0.0689. The minimum absolute atomic E-state index is 0.00287. The Labute approximate surface area is 526 Å². The molecule has 1 saturated heterocycles. The average Bonchev–Trinajstić information content (AvgIpc) is 1.42. The number of nitrogens with zero attached hydrogens (tertiary/aromatic N) is 2. The van der Waals surface area contributed by atoms with Crippen molar-refractivity contribution in [3.63, 3.8) is 0 Å². The van der Waals surface area contributed by atoms with Crippen LogP contribution < -0.4 is 16.0 Å². The van der Waals surface area contributed by atoms with Crippen LogP contribution in [0.3, 0.4) is 0 Å². The van der Waals surface area contributed by atoms with Gasteiger partial charge in [-0.05, 0) is 232 Å². The lowest BCUT2D eigenvalue weighted by Crippen LogP contribution is -2.64. The normalized spacial score (nSPS) is 25.5. The number of piperidine rings is 1. The predicted octanol–water partition coefficient (Wildman–Crippen LogP) is 12.8. The Bertz CT molecular complexity index is 3170. The van der Waals surface area contributed by atoms with Crippen LogP contribution >= 0.6 is 23.2 Å². The van der Waals surface area contributed by atoms with Crippen LogP contribution in [-0.4, -0.2) is 125 Å². The second-order valence-electron chi connectivity index (χ2n) is 27.5. The molecule has 9 rings (SSSR count). The highest BCUT2D eigenvalue weighted by molar-refractivity contribution is 7.91. The summed E-state index contributed by atoms with van der Waals surface area (Å²) in [6.07, 6.45) is 18.0. The van der Waals surface area contributed by atoms with Crippen molar-refractivity contribution in [2.24, 2.45) is 40.4 Å². The van der Waals surface area contributed by atoms with Crippen molar-refractivity contribution in [2.45, 2.75) is 202 Å². The molecule has 0 spiro atoms. The average molecular weight is 1290 g/mol. The molecule has 6 aliphatic rings. The molecule has 480 valence electrons. The van der Waals surface area contributed by atoms with Crippen LogP contribution in [0.2, 0.25) is 10.0 Å². The Balaban J connectivity index is 0.000000185. The van der Waals surface area contributed by atoms with E-state index in [0.29, 0.717) is 58.3 Å². The van der Waals surface area contributed by atoms with E-state index in [0.717, 1.165) is 117 Å². The lowest BCUT2D eigenvalue weighted by molar-refractivity contribution is -0.0276. The number of aryl methyl sites for hydroxylation is 5. The van der Waals surface area contributed by atoms with Gasteiger partial charge < -0.3 is 16.0 Å². The van der Waals surface area contributed by atoms with E-state index < -0.39 is 29.5 Å². The number of pyridine rings is 1. The van der Waals surface area contributed by atoms with Crippen LogP contribution in [0.1, 0.15) is 209 Å². The van der Waals surface area contributed by atoms with E-state index in [1.165, 1.54) is 32.1 Å². The van der Waals surface area contributed by atoms with Crippen LogP contribution in [0.5, 0.6) is 0 Å². The predicted molar refractivity (Wildman–Crippen MR) is 350 cm³/mol. The number of rotatable bonds is 26. The van der Waals surface area contributed by atoms with E-state index >= 15 is 0 Å². The van der Waals surface area contributed by atoms with Gasteiger partial charge in [-0.15, -0.1) is 0 Å². The topological polar surface area (TPSA) is 206 Å². The molecule has 14 nitrogen and oxygen atoms in total. The number of hydrogen-bond acceptors (Lipinski definition) is 11. The zero-order chi connectivity index (χ0) is 63.0. The van der Waals surface area contributed by atoms with Crippen molar-refractivity contribution in [3.8, 4) is 0 Å². The van der Waals surface area contributed by atoms with Crippen molar-refractivity contribution in [1.82, 2.24) is 25.8 Å². The number of sulfone groups is 3. The molecule has 0 radical (unpaired) electrons. The van der Waals surface area contributed by atoms with Crippen molar-refractivity contribution in [1.29, 1.82) is 0 Å². The van der Waals surface area contributed by atoms with Crippen molar-refractivity contribution >= 4 is 70.4 Å². The molecule has 1 aromatic heterocycles. The van der Waals surface area contributed by atoms with Crippen LogP contribution in [-0.2, 0) is 29.5 Å². The molecule has 1 aliphatic heterocycles. The molecule has 19 heteroatoms. The van der Waals surface area contributed by atoms with Crippen LogP contribution in [0, 0.1) is 75.0 Å². The van der Waals surface area contributed by atoms with Crippen LogP contribution in [0.25, 0.3) is 0 Å². The van der Waals surface area contributed by atoms with Gasteiger partial charge in [0.15, 0.2) is 29.5 Å². The smallest absolute Gasteiger partial charge is 0.253 e. The third-order valence-corrected chi connectivity index (χ3v) is 26.2. The Hall–Kier alpha value is -3.61. The van der Waals surface area contributed by atoms with Crippen molar-refractivity contribution in [3.05, 3.63) is 97.3 Å². The molecule has 86 heavy (non-hydrogen) atoms. The summed E-state index contributed by atoms with van der Waals surface area (Å²) in [5.41, 5.74) is 6.27. The van der Waals surface area contributed by atoms with Crippen LogP contribution in [0.4, 0.5) is 0 Å². The first kappa shape index (κ1) is 69.9. The maximum Gasteiger partial charge on any atom is 0.253 e. The Kier molecular flexibility index (Phi) is 24.0. The van der Waals surface area contributed by atoms with E-state index in [-0.39, 0.29) is 92.7 Å². The number of aromatic nitrogens is 1. The Morgan fingerprint density at radius 2 is 0.977 bits per heavy atom. The summed E-state index contributed by atoms with van der Waals surface area (Å²) in [6.45, 7) is 22.2. The second-order valence-corrected chi connectivity index (χ2v) is 35.0. The second kappa shape index (κ2) is 29.6. The van der Waals surface area contributed by atoms with Crippen molar-refractivity contribution in [2.75, 3.05) is 54.2 Å². The maximum absolute atomic E-state index is 13.0. The van der Waals surface area contributed by atoms with Gasteiger partial charge in [-0.1, -0.05) is 88.2 Å². The monoisotopic (exact) mass is 1290 g/mol. The number of carbonyl (C=O) groups excluding carboxylic acids is 3. The lowest BCUT2D eigenvalue weighted by Gasteiger charge is -2.55. The Morgan fingerprint density at radius 3 is 1.37 bits per heavy atom. The maximum atomic E-state index is 13.0. The summed E-state index contributed by atoms with van der Waals surface area (Å²) in [6, 6.07) is 12.9. The van der Waals surface area contributed by atoms with E-state index in [4.69, 9.17) is 23.2 Å². The van der Waals surface area contributed by atoms with Gasteiger partial charge in [0.2, 0.25) is 0 Å². The number of nitrogens with one attached hydrogen (secondary N) is 3. The van der Waals surface area contributed by atoms with Gasteiger partial charge in [0.05, 0.1) is 49.7 Å². The van der Waals surface area contributed by atoms with E-state index in [9.17, 15) is 39.6 Å². The van der Waals surface area contributed by atoms with E-state index in [1.54, 1.807) is 24.3 Å². The fourth-order valence-electron chi connectivity index (χ4n) is 15.0. The number of halogens is 2. The minimum atomic E-state index is -2.98. The third-order valence-electron chi connectivity index (χ3n) is 19.5. The molecule has 2 heterocycles. The molecule has 3 amide bonds. The molecule has 5 saturated carbocycles. The SMILES string of the molecule is CCCS(=O)(=O)CC1CC(CC2CC2)(C(C)NC(=O)c2c(C)cc(C)nc2C)C1.CCCS(=O)(=O)CC1CC(CC2CC2)(C(C)NC(=O)c2ccc(C)cc2Cl)C1.CCCS(=O)(=O)CC1CC(CNC(=O)c2ccc(C)cc2Cl)(N2CCCCC2)C1. The summed E-state index contributed by atoms with van der Waals surface area (Å²) in [7, 11) is -8.90. The number of carbonyl (C=O) groups is 3.